The molecule has 4 aromatic rings. The molecule has 0 saturated carbocycles. The van der Waals surface area contributed by atoms with Crippen LogP contribution in [0.2, 0.25) is 0 Å². The summed E-state index contributed by atoms with van der Waals surface area (Å²) in [5.41, 5.74) is 11.4. The second-order valence-electron chi connectivity index (χ2n) is 8.93. The van der Waals surface area contributed by atoms with Gasteiger partial charge in [0, 0.05) is 11.8 Å². The molecule has 0 heterocycles. The Morgan fingerprint density at radius 1 is 0.600 bits per heavy atom. The highest BCUT2D eigenvalue weighted by atomic mass is 14.4. The lowest BCUT2D eigenvalue weighted by atomic mass is 9.79. The Balaban J connectivity index is 1.44. The molecule has 2 atom stereocenters. The minimum atomic E-state index is 0.467. The van der Waals surface area contributed by atoms with Crippen LogP contribution in [0.15, 0.2) is 103 Å². The average Bonchev–Trinajstić information content (AvgIpc) is 3.27. The zero-order valence-electron chi connectivity index (χ0n) is 16.4. The van der Waals surface area contributed by atoms with E-state index in [1.807, 2.05) is 0 Å². The Morgan fingerprint density at radius 2 is 1.33 bits per heavy atom. The average molecular weight is 378 g/mol. The third-order valence-corrected chi connectivity index (χ3v) is 7.53. The van der Waals surface area contributed by atoms with Gasteiger partial charge in [-0.05, 0) is 90.3 Å². The minimum Gasteiger partial charge on any atom is -0.0760 e. The summed E-state index contributed by atoms with van der Waals surface area (Å²) in [5.74, 6) is 0.961. The third-order valence-electron chi connectivity index (χ3n) is 7.53. The fourth-order valence-corrected chi connectivity index (χ4v) is 6.28. The van der Waals surface area contributed by atoms with Crippen LogP contribution in [0, 0.1) is 5.92 Å². The van der Waals surface area contributed by atoms with E-state index in [1.54, 1.807) is 0 Å². The van der Waals surface area contributed by atoms with Crippen LogP contribution in [0.4, 0.5) is 0 Å². The summed E-state index contributed by atoms with van der Waals surface area (Å²) >= 11 is 0. The topological polar surface area (TPSA) is 0 Å². The largest absolute Gasteiger partial charge is 0.0760 e. The Morgan fingerprint density at radius 3 is 2.13 bits per heavy atom. The summed E-state index contributed by atoms with van der Waals surface area (Å²) < 4.78 is 0. The molecule has 0 aliphatic heterocycles. The number of allylic oxidation sites excluding steroid dienone is 8. The fraction of sp³-hybridized carbons (Fsp3) is 0.0667. The van der Waals surface area contributed by atoms with E-state index in [-0.39, 0.29) is 0 Å². The molecule has 0 N–H and O–H groups in total. The van der Waals surface area contributed by atoms with E-state index in [0.717, 1.165) is 0 Å². The standard InChI is InChI=1S/C30H18/c1-5-17-6-2-10-22-26-14-20-16-28-24-12-4-8-18-7-3-11-23(30(18)24)27(28)15-19(20)13-25(26)21(9-1)29(17)22/h1-16,21,29H. The molecule has 4 aromatic carbocycles. The summed E-state index contributed by atoms with van der Waals surface area (Å²) in [7, 11) is 0. The van der Waals surface area contributed by atoms with Gasteiger partial charge in [0.05, 0.1) is 0 Å². The van der Waals surface area contributed by atoms with Crippen molar-refractivity contribution in [2.45, 2.75) is 5.92 Å². The first-order valence-electron chi connectivity index (χ1n) is 10.8. The molecule has 0 fully saturated rings. The number of rotatable bonds is 0. The highest BCUT2D eigenvalue weighted by Crippen LogP contribution is 2.55. The lowest BCUT2D eigenvalue weighted by molar-refractivity contribution is 0.722. The van der Waals surface area contributed by atoms with Crippen molar-refractivity contribution in [3.63, 3.8) is 0 Å². The van der Waals surface area contributed by atoms with Crippen LogP contribution < -0.4 is 0 Å². The summed E-state index contributed by atoms with van der Waals surface area (Å²) in [6.45, 7) is 0. The molecule has 2 unspecified atom stereocenters. The van der Waals surface area contributed by atoms with E-state index >= 15 is 0 Å². The molecule has 0 bridgehead atoms. The summed E-state index contributed by atoms with van der Waals surface area (Å²) in [5, 5.41) is 5.44. The van der Waals surface area contributed by atoms with Gasteiger partial charge in [-0.1, -0.05) is 72.9 Å². The van der Waals surface area contributed by atoms with Gasteiger partial charge >= 0.3 is 0 Å². The molecule has 4 aliphatic carbocycles. The van der Waals surface area contributed by atoms with Gasteiger partial charge in [-0.2, -0.15) is 0 Å². The van der Waals surface area contributed by atoms with Gasteiger partial charge in [-0.3, -0.25) is 0 Å². The molecule has 0 nitrogen and oxygen atoms in total. The smallest absolute Gasteiger partial charge is 0.0199 e. The molecule has 0 heteroatoms. The van der Waals surface area contributed by atoms with Crippen molar-refractivity contribution in [2.75, 3.05) is 0 Å². The van der Waals surface area contributed by atoms with E-state index in [9.17, 15) is 0 Å². The van der Waals surface area contributed by atoms with E-state index in [2.05, 4.69) is 97.1 Å². The van der Waals surface area contributed by atoms with Gasteiger partial charge in [-0.25, -0.2) is 0 Å². The first-order valence-corrected chi connectivity index (χ1v) is 10.8. The Kier molecular flexibility index (Phi) is 2.59. The lowest BCUT2D eigenvalue weighted by Crippen LogP contribution is -2.11. The van der Waals surface area contributed by atoms with Crippen molar-refractivity contribution >= 4 is 27.1 Å². The number of hydrogen-bond acceptors (Lipinski definition) is 0. The molecule has 0 radical (unpaired) electrons. The van der Waals surface area contributed by atoms with Crippen molar-refractivity contribution in [3.8, 4) is 22.3 Å². The SMILES string of the molecule is C1=CC2=CC=CC3c4cc5cc6c(cc5cc4C(=C1)C23)-c1cccc2cccc-6c12. The number of hydrogen-bond donors (Lipinski definition) is 0. The molecule has 0 aromatic heterocycles. The molecule has 8 rings (SSSR count). The van der Waals surface area contributed by atoms with Crippen LogP contribution >= 0.6 is 0 Å². The van der Waals surface area contributed by atoms with Gasteiger partial charge in [0.1, 0.15) is 0 Å². The van der Waals surface area contributed by atoms with Gasteiger partial charge in [0.2, 0.25) is 0 Å². The third kappa shape index (κ3) is 1.70. The Hall–Kier alpha value is -3.64. The highest BCUT2D eigenvalue weighted by Gasteiger charge is 2.38. The van der Waals surface area contributed by atoms with Crippen molar-refractivity contribution in [3.05, 3.63) is 114 Å². The van der Waals surface area contributed by atoms with Crippen molar-refractivity contribution in [1.29, 1.82) is 0 Å². The second-order valence-corrected chi connectivity index (χ2v) is 8.93. The molecule has 0 spiro atoms. The minimum absolute atomic E-state index is 0.467. The summed E-state index contributed by atoms with van der Waals surface area (Å²) in [6, 6.07) is 23.2. The van der Waals surface area contributed by atoms with E-state index in [0.29, 0.717) is 11.8 Å². The fourth-order valence-electron chi connectivity index (χ4n) is 6.28. The van der Waals surface area contributed by atoms with Crippen LogP contribution in [-0.2, 0) is 0 Å². The monoisotopic (exact) mass is 378 g/mol. The predicted molar refractivity (Wildman–Crippen MR) is 126 cm³/mol. The number of benzene rings is 4. The quantitative estimate of drug-likeness (QED) is 0.258. The Labute approximate surface area is 175 Å². The Bertz CT molecular complexity index is 1580. The zero-order chi connectivity index (χ0) is 19.4. The summed E-state index contributed by atoms with van der Waals surface area (Å²) in [4.78, 5) is 0. The van der Waals surface area contributed by atoms with Gasteiger partial charge < -0.3 is 0 Å². The molecule has 0 amide bonds. The van der Waals surface area contributed by atoms with Crippen LogP contribution in [0.1, 0.15) is 17.0 Å². The molecule has 4 aliphatic rings. The van der Waals surface area contributed by atoms with Gasteiger partial charge in [0.15, 0.2) is 0 Å². The molecular formula is C30H18. The molecular weight excluding hydrogens is 360 g/mol. The first-order chi connectivity index (χ1) is 14.9. The molecule has 0 saturated heterocycles. The highest BCUT2D eigenvalue weighted by molar-refractivity contribution is 6.17. The van der Waals surface area contributed by atoms with Crippen LogP contribution in [0.5, 0.6) is 0 Å². The van der Waals surface area contributed by atoms with Crippen molar-refractivity contribution in [2.24, 2.45) is 5.92 Å². The zero-order valence-corrected chi connectivity index (χ0v) is 16.4. The van der Waals surface area contributed by atoms with Crippen molar-refractivity contribution < 1.29 is 0 Å². The normalized spacial score (nSPS) is 21.5. The summed E-state index contributed by atoms with van der Waals surface area (Å²) in [6.07, 6.45) is 13.7. The van der Waals surface area contributed by atoms with E-state index < -0.39 is 0 Å². The maximum Gasteiger partial charge on any atom is 0.0199 e. The molecule has 138 valence electrons. The van der Waals surface area contributed by atoms with Gasteiger partial charge in [0.25, 0.3) is 0 Å². The van der Waals surface area contributed by atoms with Crippen molar-refractivity contribution in [1.82, 2.24) is 0 Å². The van der Waals surface area contributed by atoms with Crippen LogP contribution in [-0.4, -0.2) is 0 Å². The predicted octanol–water partition coefficient (Wildman–Crippen LogP) is 7.80. The second kappa shape index (κ2) is 5.09. The van der Waals surface area contributed by atoms with E-state index in [1.165, 1.54) is 66.1 Å². The lowest BCUT2D eigenvalue weighted by Gasteiger charge is -2.24. The maximum absolute atomic E-state index is 2.46. The van der Waals surface area contributed by atoms with Crippen LogP contribution in [0.25, 0.3) is 49.4 Å². The molecule has 30 heavy (non-hydrogen) atoms. The van der Waals surface area contributed by atoms with Crippen LogP contribution in [0.3, 0.4) is 0 Å². The van der Waals surface area contributed by atoms with E-state index in [4.69, 9.17) is 0 Å². The van der Waals surface area contributed by atoms with Gasteiger partial charge in [-0.15, -0.1) is 0 Å². The first kappa shape index (κ1) is 15.2. The maximum atomic E-state index is 2.46. The number of fused-ring (bicyclic) bond motifs is 7.